The monoisotopic (exact) mass is 250 g/mol. The van der Waals surface area contributed by atoms with Crippen molar-refractivity contribution >= 4 is 5.78 Å². The molecule has 18 heavy (non-hydrogen) atoms. The van der Waals surface area contributed by atoms with Crippen LogP contribution in [-0.4, -0.2) is 24.6 Å². The van der Waals surface area contributed by atoms with Crippen molar-refractivity contribution in [2.24, 2.45) is 0 Å². The SMILES string of the molecule is COc1c(C)cccc1C(=O)CCCCCCO. The molecule has 0 spiro atoms. The number of unbranched alkanes of at least 4 members (excludes halogenated alkanes) is 3. The highest BCUT2D eigenvalue weighted by Crippen LogP contribution is 2.24. The van der Waals surface area contributed by atoms with Crippen molar-refractivity contribution in [2.45, 2.75) is 39.0 Å². The quantitative estimate of drug-likeness (QED) is 0.569. The maximum atomic E-state index is 12.1. The summed E-state index contributed by atoms with van der Waals surface area (Å²) in [6.45, 7) is 2.18. The lowest BCUT2D eigenvalue weighted by molar-refractivity contribution is 0.0976. The molecule has 0 radical (unpaired) electrons. The number of ketones is 1. The van der Waals surface area contributed by atoms with Gasteiger partial charge < -0.3 is 9.84 Å². The van der Waals surface area contributed by atoms with Crippen molar-refractivity contribution in [2.75, 3.05) is 13.7 Å². The van der Waals surface area contributed by atoms with E-state index in [1.807, 2.05) is 25.1 Å². The van der Waals surface area contributed by atoms with E-state index in [1.54, 1.807) is 7.11 Å². The number of rotatable bonds is 8. The van der Waals surface area contributed by atoms with E-state index in [4.69, 9.17) is 9.84 Å². The average Bonchev–Trinajstić information content (AvgIpc) is 2.38. The number of aliphatic hydroxyl groups excluding tert-OH is 1. The van der Waals surface area contributed by atoms with Crippen LogP contribution in [0.25, 0.3) is 0 Å². The molecule has 0 aliphatic carbocycles. The highest BCUT2D eigenvalue weighted by molar-refractivity contribution is 5.99. The Bertz CT molecular complexity index is 385. The van der Waals surface area contributed by atoms with Gasteiger partial charge in [0.15, 0.2) is 5.78 Å². The summed E-state index contributed by atoms with van der Waals surface area (Å²) >= 11 is 0. The Hall–Kier alpha value is -1.35. The van der Waals surface area contributed by atoms with Crippen LogP contribution in [-0.2, 0) is 0 Å². The fraction of sp³-hybridized carbons (Fsp3) is 0.533. The Morgan fingerprint density at radius 1 is 1.22 bits per heavy atom. The molecule has 0 bridgehead atoms. The molecule has 0 atom stereocenters. The van der Waals surface area contributed by atoms with Crippen molar-refractivity contribution in [1.29, 1.82) is 0 Å². The van der Waals surface area contributed by atoms with Gasteiger partial charge in [-0.05, 0) is 31.4 Å². The van der Waals surface area contributed by atoms with Crippen LogP contribution >= 0.6 is 0 Å². The molecule has 0 aliphatic heterocycles. The largest absolute Gasteiger partial charge is 0.496 e. The van der Waals surface area contributed by atoms with Gasteiger partial charge in [0, 0.05) is 13.0 Å². The molecule has 3 nitrogen and oxygen atoms in total. The summed E-state index contributed by atoms with van der Waals surface area (Å²) in [5, 5.41) is 8.67. The summed E-state index contributed by atoms with van der Waals surface area (Å²) in [6.07, 6.45) is 4.21. The normalized spacial score (nSPS) is 10.4. The minimum absolute atomic E-state index is 0.138. The lowest BCUT2D eigenvalue weighted by Crippen LogP contribution is -2.03. The van der Waals surface area contributed by atoms with Crippen LogP contribution in [0.2, 0.25) is 0 Å². The van der Waals surface area contributed by atoms with Gasteiger partial charge in [-0.3, -0.25) is 4.79 Å². The molecule has 0 saturated heterocycles. The Kier molecular flexibility index (Phi) is 6.44. The van der Waals surface area contributed by atoms with E-state index in [9.17, 15) is 4.79 Å². The first-order valence-electron chi connectivity index (χ1n) is 6.48. The molecule has 0 saturated carbocycles. The first kappa shape index (κ1) is 14.7. The number of aryl methyl sites for hydroxylation is 1. The standard InChI is InChI=1S/C15H22O3/c1-12-8-7-9-13(15(12)18-2)14(17)10-5-3-4-6-11-16/h7-9,16H,3-6,10-11H2,1-2H3. The third kappa shape index (κ3) is 4.15. The fourth-order valence-electron chi connectivity index (χ4n) is 2.03. The van der Waals surface area contributed by atoms with Crippen molar-refractivity contribution in [3.8, 4) is 5.75 Å². The Labute approximate surface area is 109 Å². The second-order valence-electron chi connectivity index (χ2n) is 4.47. The van der Waals surface area contributed by atoms with Crippen LogP contribution in [0.15, 0.2) is 18.2 Å². The minimum atomic E-state index is 0.138. The van der Waals surface area contributed by atoms with Crippen molar-refractivity contribution in [3.63, 3.8) is 0 Å². The van der Waals surface area contributed by atoms with Gasteiger partial charge in [-0.1, -0.05) is 25.0 Å². The predicted octanol–water partition coefficient (Wildman–Crippen LogP) is 3.13. The zero-order chi connectivity index (χ0) is 13.4. The summed E-state index contributed by atoms with van der Waals surface area (Å²) in [6, 6.07) is 5.65. The summed E-state index contributed by atoms with van der Waals surface area (Å²) in [5.74, 6) is 0.831. The zero-order valence-electron chi connectivity index (χ0n) is 11.2. The van der Waals surface area contributed by atoms with Gasteiger partial charge in [-0.2, -0.15) is 0 Å². The van der Waals surface area contributed by atoms with Gasteiger partial charge in [-0.25, -0.2) is 0 Å². The summed E-state index contributed by atoms with van der Waals surface area (Å²) in [4.78, 5) is 12.1. The van der Waals surface area contributed by atoms with E-state index in [1.165, 1.54) is 0 Å². The van der Waals surface area contributed by atoms with Crippen LogP contribution in [0.3, 0.4) is 0 Å². The van der Waals surface area contributed by atoms with Gasteiger partial charge >= 0.3 is 0 Å². The van der Waals surface area contributed by atoms with E-state index in [0.29, 0.717) is 17.7 Å². The van der Waals surface area contributed by atoms with E-state index >= 15 is 0 Å². The fourth-order valence-corrected chi connectivity index (χ4v) is 2.03. The summed E-state index contributed by atoms with van der Waals surface area (Å²) in [5.41, 5.74) is 1.67. The van der Waals surface area contributed by atoms with Crippen LogP contribution in [0.5, 0.6) is 5.75 Å². The third-order valence-electron chi connectivity index (χ3n) is 3.03. The van der Waals surface area contributed by atoms with Gasteiger partial charge in [0.05, 0.1) is 12.7 Å². The number of ether oxygens (including phenoxy) is 1. The van der Waals surface area contributed by atoms with E-state index in [-0.39, 0.29) is 12.4 Å². The molecule has 0 heterocycles. The molecule has 100 valence electrons. The maximum absolute atomic E-state index is 12.1. The smallest absolute Gasteiger partial charge is 0.166 e. The summed E-state index contributed by atoms with van der Waals surface area (Å²) in [7, 11) is 1.60. The topological polar surface area (TPSA) is 46.5 Å². The van der Waals surface area contributed by atoms with Gasteiger partial charge in [0.1, 0.15) is 5.75 Å². The van der Waals surface area contributed by atoms with Crippen LogP contribution in [0.1, 0.15) is 48.0 Å². The Morgan fingerprint density at radius 2 is 1.94 bits per heavy atom. The number of aliphatic hydroxyl groups is 1. The number of para-hydroxylation sites is 1. The molecule has 0 amide bonds. The molecule has 1 aromatic carbocycles. The predicted molar refractivity (Wildman–Crippen MR) is 72.2 cm³/mol. The highest BCUT2D eigenvalue weighted by Gasteiger charge is 2.13. The highest BCUT2D eigenvalue weighted by atomic mass is 16.5. The summed E-state index contributed by atoms with van der Waals surface area (Å²) < 4.78 is 5.29. The second-order valence-corrected chi connectivity index (χ2v) is 4.47. The van der Waals surface area contributed by atoms with Gasteiger partial charge in [0.2, 0.25) is 0 Å². The number of carbonyl (C=O) groups is 1. The number of hydrogen-bond acceptors (Lipinski definition) is 3. The molecule has 3 heteroatoms. The van der Waals surface area contributed by atoms with E-state index in [2.05, 4.69) is 0 Å². The van der Waals surface area contributed by atoms with Crippen molar-refractivity contribution in [3.05, 3.63) is 29.3 Å². The molecule has 0 aliphatic rings. The molecule has 1 N–H and O–H groups in total. The third-order valence-corrected chi connectivity index (χ3v) is 3.03. The number of carbonyl (C=O) groups excluding carboxylic acids is 1. The van der Waals surface area contributed by atoms with Crippen LogP contribution in [0, 0.1) is 6.92 Å². The van der Waals surface area contributed by atoms with Crippen LogP contribution < -0.4 is 4.74 Å². The Morgan fingerprint density at radius 3 is 2.61 bits per heavy atom. The van der Waals surface area contributed by atoms with Gasteiger partial charge in [-0.15, -0.1) is 0 Å². The Balaban J connectivity index is 2.54. The minimum Gasteiger partial charge on any atom is -0.496 e. The number of benzene rings is 1. The molecular formula is C15H22O3. The first-order valence-corrected chi connectivity index (χ1v) is 6.48. The van der Waals surface area contributed by atoms with Crippen molar-refractivity contribution < 1.29 is 14.6 Å². The molecule has 0 aromatic heterocycles. The lowest BCUT2D eigenvalue weighted by Gasteiger charge is -2.10. The zero-order valence-corrected chi connectivity index (χ0v) is 11.2. The number of methoxy groups -OCH3 is 1. The lowest BCUT2D eigenvalue weighted by atomic mass is 10.0. The van der Waals surface area contributed by atoms with E-state index < -0.39 is 0 Å². The number of Topliss-reactive ketones (excluding diaryl/α,β-unsaturated/α-hetero) is 1. The van der Waals surface area contributed by atoms with E-state index in [0.717, 1.165) is 31.2 Å². The maximum Gasteiger partial charge on any atom is 0.166 e. The molecule has 1 rings (SSSR count). The first-order chi connectivity index (χ1) is 8.70. The van der Waals surface area contributed by atoms with Crippen LogP contribution in [0.4, 0.5) is 0 Å². The average molecular weight is 250 g/mol. The molecular weight excluding hydrogens is 228 g/mol. The second kappa shape index (κ2) is 7.88. The molecule has 0 fully saturated rings. The van der Waals surface area contributed by atoms with Crippen molar-refractivity contribution in [1.82, 2.24) is 0 Å². The molecule has 0 unspecified atom stereocenters. The number of hydrogen-bond donors (Lipinski definition) is 1. The van der Waals surface area contributed by atoms with Gasteiger partial charge in [0.25, 0.3) is 0 Å². The molecule has 1 aromatic rings.